The summed E-state index contributed by atoms with van der Waals surface area (Å²) in [5, 5.41) is 21.8. The van der Waals surface area contributed by atoms with Crippen molar-refractivity contribution < 1.29 is 19.5 Å². The minimum Gasteiger partial charge on any atom is -0.496 e. The molecule has 8 nitrogen and oxygen atoms in total. The van der Waals surface area contributed by atoms with Gasteiger partial charge in [0.25, 0.3) is 5.91 Å². The highest BCUT2D eigenvalue weighted by molar-refractivity contribution is 7.99. The summed E-state index contributed by atoms with van der Waals surface area (Å²) < 4.78 is 5.36. The average Bonchev–Trinajstić information content (AvgIpc) is 3.44. The molecule has 2 aliphatic rings. The summed E-state index contributed by atoms with van der Waals surface area (Å²) in [6, 6.07) is 9.67. The number of carbonyl (C=O) groups is 1. The first-order chi connectivity index (χ1) is 16.1. The Balaban J connectivity index is 1.26. The molecule has 3 unspecified atom stereocenters. The van der Waals surface area contributed by atoms with E-state index >= 15 is 0 Å². The summed E-state index contributed by atoms with van der Waals surface area (Å²) in [7, 11) is 1.66. The fraction of sp³-hybridized carbons (Fsp3) is 0.333. The lowest BCUT2D eigenvalue weighted by molar-refractivity contribution is -0.177. The molecule has 33 heavy (non-hydrogen) atoms. The molecule has 4 rings (SSSR count). The second-order valence-corrected chi connectivity index (χ2v) is 8.92. The number of allylic oxidation sites excluding steroid dienone is 4. The number of hydroxylamine groups is 2. The van der Waals surface area contributed by atoms with Crippen molar-refractivity contribution in [2.75, 3.05) is 32.6 Å². The molecule has 0 spiro atoms. The monoisotopic (exact) mass is 468 g/mol. The van der Waals surface area contributed by atoms with Gasteiger partial charge in [-0.05, 0) is 29.8 Å². The van der Waals surface area contributed by atoms with Crippen molar-refractivity contribution >= 4 is 17.7 Å². The number of carbonyl (C=O) groups excluding carboxylic acids is 1. The molecule has 1 aromatic heterocycles. The molecule has 9 heteroatoms. The lowest BCUT2D eigenvalue weighted by atomic mass is 9.83. The summed E-state index contributed by atoms with van der Waals surface area (Å²) in [5.41, 5.74) is 2.27. The van der Waals surface area contributed by atoms with Crippen molar-refractivity contribution in [3.05, 3.63) is 78.3 Å². The number of fused-ring (bicyclic) bond motifs is 1. The predicted octanol–water partition coefficient (Wildman–Crippen LogP) is 2.64. The van der Waals surface area contributed by atoms with Crippen molar-refractivity contribution in [2.24, 2.45) is 5.92 Å². The Labute approximate surface area is 197 Å². The van der Waals surface area contributed by atoms with Crippen LogP contribution in [0.2, 0.25) is 0 Å². The molecular formula is C24H28N4O4S. The zero-order valence-corrected chi connectivity index (χ0v) is 19.3. The van der Waals surface area contributed by atoms with Crippen molar-refractivity contribution in [1.29, 1.82) is 0 Å². The number of methoxy groups -OCH3 is 1. The highest BCUT2D eigenvalue weighted by atomic mass is 32.2. The predicted molar refractivity (Wildman–Crippen MR) is 127 cm³/mol. The van der Waals surface area contributed by atoms with E-state index in [1.54, 1.807) is 31.1 Å². The molecule has 3 N–H and O–H groups in total. The number of aliphatic hydroxyl groups is 1. The minimum atomic E-state index is -0.762. The van der Waals surface area contributed by atoms with E-state index in [-0.39, 0.29) is 18.4 Å². The van der Waals surface area contributed by atoms with Crippen LogP contribution in [0.1, 0.15) is 11.6 Å². The molecule has 3 atom stereocenters. The van der Waals surface area contributed by atoms with Gasteiger partial charge in [0.15, 0.2) is 0 Å². The van der Waals surface area contributed by atoms with E-state index < -0.39 is 12.0 Å². The maximum absolute atomic E-state index is 13.1. The number of aliphatic hydroxyl groups excluding tert-OH is 1. The topological polar surface area (TPSA) is 99.7 Å². The number of benzene rings is 1. The van der Waals surface area contributed by atoms with Crippen LogP contribution in [0, 0.1) is 5.92 Å². The lowest BCUT2D eigenvalue weighted by Gasteiger charge is -2.23. The molecule has 1 aromatic carbocycles. The maximum atomic E-state index is 13.1. The number of rotatable bonds is 11. The molecule has 0 saturated carbocycles. The smallest absolute Gasteiger partial charge is 0.260 e. The van der Waals surface area contributed by atoms with Gasteiger partial charge in [-0.25, -0.2) is 0 Å². The number of amides is 1. The fourth-order valence-electron chi connectivity index (χ4n) is 3.99. The van der Waals surface area contributed by atoms with Crippen LogP contribution in [0.5, 0.6) is 5.75 Å². The molecule has 0 bridgehead atoms. The number of aromatic nitrogens is 2. The Morgan fingerprint density at radius 2 is 2.18 bits per heavy atom. The quantitative estimate of drug-likeness (QED) is 0.344. The minimum absolute atomic E-state index is 0.00562. The second-order valence-electron chi connectivity index (χ2n) is 7.78. The van der Waals surface area contributed by atoms with Gasteiger partial charge >= 0.3 is 0 Å². The summed E-state index contributed by atoms with van der Waals surface area (Å²) >= 11 is 1.69. The summed E-state index contributed by atoms with van der Waals surface area (Å²) in [6.07, 6.45) is 6.47. The second kappa shape index (κ2) is 10.8. The Morgan fingerprint density at radius 3 is 2.97 bits per heavy atom. The van der Waals surface area contributed by atoms with E-state index in [9.17, 15) is 9.90 Å². The van der Waals surface area contributed by atoms with Gasteiger partial charge in [0, 0.05) is 41.5 Å². The fourth-order valence-corrected chi connectivity index (χ4v) is 4.93. The third kappa shape index (κ3) is 5.22. The van der Waals surface area contributed by atoms with Crippen LogP contribution in [-0.2, 0) is 9.63 Å². The van der Waals surface area contributed by atoms with Gasteiger partial charge in [0.2, 0.25) is 0 Å². The number of para-hydroxylation sites is 1. The number of hydrogen-bond acceptors (Lipinski definition) is 7. The van der Waals surface area contributed by atoms with Gasteiger partial charge in [0.05, 0.1) is 24.8 Å². The molecule has 1 aliphatic heterocycles. The summed E-state index contributed by atoms with van der Waals surface area (Å²) in [6.45, 7) is 5.17. The van der Waals surface area contributed by atoms with Crippen LogP contribution in [0.3, 0.4) is 0 Å². The van der Waals surface area contributed by atoms with E-state index in [0.717, 1.165) is 27.7 Å². The Hall–Kier alpha value is -2.85. The van der Waals surface area contributed by atoms with E-state index in [1.165, 1.54) is 5.06 Å². The number of nitrogens with one attached hydrogen (secondary N) is 2. The van der Waals surface area contributed by atoms with Crippen LogP contribution < -0.4 is 10.1 Å². The van der Waals surface area contributed by atoms with Gasteiger partial charge in [-0.1, -0.05) is 30.9 Å². The van der Waals surface area contributed by atoms with Crippen molar-refractivity contribution in [1.82, 2.24) is 20.6 Å². The van der Waals surface area contributed by atoms with Gasteiger partial charge in [-0.3, -0.25) is 14.7 Å². The number of nitrogens with zero attached hydrogens (tertiary/aromatic N) is 2. The Bertz CT molecular complexity index is 1040. The van der Waals surface area contributed by atoms with E-state index in [1.807, 2.05) is 42.5 Å². The highest BCUT2D eigenvalue weighted by Gasteiger charge is 2.48. The molecule has 2 heterocycles. The third-order valence-electron chi connectivity index (χ3n) is 5.57. The molecule has 1 amide bonds. The van der Waals surface area contributed by atoms with Crippen LogP contribution >= 0.6 is 11.8 Å². The van der Waals surface area contributed by atoms with E-state index in [0.29, 0.717) is 18.8 Å². The first kappa shape index (κ1) is 23.3. The van der Waals surface area contributed by atoms with Gasteiger partial charge in [-0.15, -0.1) is 11.8 Å². The Kier molecular flexibility index (Phi) is 7.66. The first-order valence-electron chi connectivity index (χ1n) is 10.8. The average molecular weight is 469 g/mol. The van der Waals surface area contributed by atoms with Crippen LogP contribution in [0.15, 0.2) is 77.5 Å². The number of hydrogen-bond donors (Lipinski definition) is 3. The van der Waals surface area contributed by atoms with Crippen LogP contribution in [-0.4, -0.2) is 64.9 Å². The number of ether oxygens (including phenoxy) is 1. The largest absolute Gasteiger partial charge is 0.496 e. The molecule has 0 radical (unpaired) electrons. The van der Waals surface area contributed by atoms with Gasteiger partial charge < -0.3 is 15.2 Å². The molecular weight excluding hydrogens is 440 g/mol. The van der Waals surface area contributed by atoms with Crippen molar-refractivity contribution in [3.63, 3.8) is 0 Å². The number of thioether (sulfide) groups is 1. The third-order valence-corrected chi connectivity index (χ3v) is 6.62. The zero-order chi connectivity index (χ0) is 23.2. The first-order valence-corrected chi connectivity index (χ1v) is 11.8. The van der Waals surface area contributed by atoms with Crippen molar-refractivity contribution in [2.45, 2.75) is 16.9 Å². The van der Waals surface area contributed by atoms with Gasteiger partial charge in [0.1, 0.15) is 12.4 Å². The summed E-state index contributed by atoms with van der Waals surface area (Å²) in [5.74, 6) is 0.790. The standard InChI is InChI=1S/C24H28N4O4S/c1-16-6-5-7-19-22(16)23(18-10-11-26-27-18)24(30)28(19)32-15-17(29)14-25-12-13-33-21-9-4-3-8-20(21)31-2/h3-11,17,22-23,25,29H,1,12-15H2,2H3,(H,26,27). The highest BCUT2D eigenvalue weighted by Crippen LogP contribution is 2.45. The Morgan fingerprint density at radius 1 is 1.33 bits per heavy atom. The lowest BCUT2D eigenvalue weighted by Crippen LogP contribution is -2.35. The number of H-pyrrole nitrogens is 1. The molecule has 174 valence electrons. The van der Waals surface area contributed by atoms with Gasteiger partial charge in [-0.2, -0.15) is 10.2 Å². The number of aromatic amines is 1. The van der Waals surface area contributed by atoms with E-state index in [2.05, 4.69) is 22.1 Å². The molecule has 1 aliphatic carbocycles. The van der Waals surface area contributed by atoms with Crippen LogP contribution in [0.25, 0.3) is 0 Å². The zero-order valence-electron chi connectivity index (χ0n) is 18.4. The summed E-state index contributed by atoms with van der Waals surface area (Å²) in [4.78, 5) is 20.0. The van der Waals surface area contributed by atoms with E-state index in [4.69, 9.17) is 9.57 Å². The molecule has 1 saturated heterocycles. The molecule has 1 fully saturated rings. The van der Waals surface area contributed by atoms with Crippen LogP contribution in [0.4, 0.5) is 0 Å². The SMILES string of the molecule is C=C1C=CC=C2C1C(c1ccn[nH]1)C(=O)N2OCC(O)CNCCSc1ccccc1OC. The molecule has 2 aromatic rings. The normalized spacial score (nSPS) is 20.7. The van der Waals surface area contributed by atoms with Crippen molar-refractivity contribution in [3.8, 4) is 5.75 Å². The maximum Gasteiger partial charge on any atom is 0.260 e.